The van der Waals surface area contributed by atoms with Crippen LogP contribution in [-0.2, 0) is 11.2 Å². The van der Waals surface area contributed by atoms with Crippen molar-refractivity contribution in [3.63, 3.8) is 0 Å². The van der Waals surface area contributed by atoms with E-state index >= 15 is 0 Å². The average Bonchev–Trinajstić information content (AvgIpc) is 3.04. The molecule has 0 spiro atoms. The number of anilines is 1. The zero-order chi connectivity index (χ0) is 21.4. The van der Waals surface area contributed by atoms with Gasteiger partial charge in [-0.2, -0.15) is 5.10 Å². The van der Waals surface area contributed by atoms with E-state index in [1.807, 2.05) is 55.6 Å². The monoisotopic (exact) mass is 402 g/mol. The second-order valence-electron chi connectivity index (χ2n) is 7.51. The second-order valence-corrected chi connectivity index (χ2v) is 7.51. The summed E-state index contributed by atoms with van der Waals surface area (Å²) >= 11 is 0. The number of aromatic nitrogens is 3. The highest BCUT2D eigenvalue weighted by Gasteiger charge is 2.19. The molecule has 0 fully saturated rings. The maximum absolute atomic E-state index is 13.3. The Hall–Kier alpha value is -3.54. The Morgan fingerprint density at radius 1 is 1.03 bits per heavy atom. The Kier molecular flexibility index (Phi) is 5.08. The highest BCUT2D eigenvalue weighted by Crippen LogP contribution is 2.29. The van der Waals surface area contributed by atoms with Crippen molar-refractivity contribution in [2.45, 2.75) is 34.1 Å². The van der Waals surface area contributed by atoms with Crippen LogP contribution in [0, 0.1) is 33.5 Å². The van der Waals surface area contributed by atoms with E-state index in [1.165, 1.54) is 12.1 Å². The molecular formula is C24H23FN4O. The van der Waals surface area contributed by atoms with E-state index in [1.54, 1.807) is 13.0 Å². The first-order valence-electron chi connectivity index (χ1n) is 9.82. The first-order valence-corrected chi connectivity index (χ1v) is 9.82. The minimum absolute atomic E-state index is 0.164. The van der Waals surface area contributed by atoms with Crippen molar-refractivity contribution in [2.75, 3.05) is 5.32 Å². The van der Waals surface area contributed by atoms with Crippen LogP contribution in [0.1, 0.15) is 28.2 Å². The van der Waals surface area contributed by atoms with E-state index < -0.39 is 0 Å². The van der Waals surface area contributed by atoms with Gasteiger partial charge in [-0.25, -0.2) is 13.9 Å². The van der Waals surface area contributed by atoms with Gasteiger partial charge in [-0.05, 0) is 57.0 Å². The number of aryl methyl sites for hydroxylation is 4. The number of benzene rings is 2. The van der Waals surface area contributed by atoms with Crippen molar-refractivity contribution in [3.05, 3.63) is 82.6 Å². The van der Waals surface area contributed by atoms with E-state index in [0.29, 0.717) is 11.3 Å². The van der Waals surface area contributed by atoms with Crippen LogP contribution < -0.4 is 5.32 Å². The molecule has 0 aliphatic heterocycles. The van der Waals surface area contributed by atoms with Gasteiger partial charge in [0.25, 0.3) is 0 Å². The molecular weight excluding hydrogens is 379 g/mol. The van der Waals surface area contributed by atoms with E-state index in [4.69, 9.17) is 4.98 Å². The largest absolute Gasteiger partial charge is 0.326 e. The fraction of sp³-hybridized carbons (Fsp3) is 0.208. The van der Waals surface area contributed by atoms with Crippen LogP contribution in [-0.4, -0.2) is 20.5 Å². The molecule has 2 heterocycles. The van der Waals surface area contributed by atoms with Gasteiger partial charge < -0.3 is 5.32 Å². The summed E-state index contributed by atoms with van der Waals surface area (Å²) < 4.78 is 15.1. The number of carbonyl (C=O) groups is 1. The number of nitrogens with zero attached hydrogens (tertiary/aromatic N) is 3. The number of hydrogen-bond donors (Lipinski definition) is 1. The van der Waals surface area contributed by atoms with Gasteiger partial charge >= 0.3 is 0 Å². The Balaban J connectivity index is 1.69. The molecule has 0 saturated heterocycles. The van der Waals surface area contributed by atoms with Gasteiger partial charge in [0.05, 0.1) is 12.1 Å². The number of carbonyl (C=O) groups excluding carboxylic acids is 1. The molecule has 4 rings (SSSR count). The summed E-state index contributed by atoms with van der Waals surface area (Å²) in [5.41, 5.74) is 7.53. The molecule has 0 aliphatic rings. The summed E-state index contributed by atoms with van der Waals surface area (Å²) in [6.45, 7) is 7.60. The summed E-state index contributed by atoms with van der Waals surface area (Å²) in [5.74, 6) is -0.501. The lowest BCUT2D eigenvalue weighted by Crippen LogP contribution is -2.18. The third-order valence-electron chi connectivity index (χ3n) is 5.36. The smallest absolute Gasteiger partial charge is 0.228 e. The molecule has 2 aromatic heterocycles. The van der Waals surface area contributed by atoms with E-state index in [0.717, 1.165) is 39.4 Å². The molecule has 2 aromatic carbocycles. The Labute approximate surface area is 174 Å². The Morgan fingerprint density at radius 2 is 1.77 bits per heavy atom. The zero-order valence-electron chi connectivity index (χ0n) is 17.5. The lowest BCUT2D eigenvalue weighted by Gasteiger charge is -2.13. The third-order valence-corrected chi connectivity index (χ3v) is 5.36. The summed E-state index contributed by atoms with van der Waals surface area (Å²) in [6.07, 6.45) is 0.164. The molecule has 30 heavy (non-hydrogen) atoms. The van der Waals surface area contributed by atoms with Gasteiger partial charge in [0.15, 0.2) is 5.65 Å². The quantitative estimate of drug-likeness (QED) is 0.525. The number of nitrogens with one attached hydrogen (secondary N) is 1. The van der Waals surface area contributed by atoms with Crippen molar-refractivity contribution < 1.29 is 9.18 Å². The summed E-state index contributed by atoms with van der Waals surface area (Å²) in [7, 11) is 0. The topological polar surface area (TPSA) is 59.3 Å². The summed E-state index contributed by atoms with van der Waals surface area (Å²) in [4.78, 5) is 17.5. The highest BCUT2D eigenvalue weighted by atomic mass is 19.1. The van der Waals surface area contributed by atoms with Gasteiger partial charge in [0.1, 0.15) is 5.82 Å². The van der Waals surface area contributed by atoms with E-state index in [-0.39, 0.29) is 18.1 Å². The molecule has 0 aliphatic carbocycles. The lowest BCUT2D eigenvalue weighted by atomic mass is 10.1. The molecule has 0 unspecified atom stereocenters. The van der Waals surface area contributed by atoms with Crippen molar-refractivity contribution >= 4 is 17.2 Å². The SMILES string of the molecule is Cc1cc(F)ccc1NC(=O)Cc1c(C)nc2c(-c3ccccc3)c(C)nn2c1C. The number of rotatable bonds is 4. The van der Waals surface area contributed by atoms with Crippen molar-refractivity contribution in [1.82, 2.24) is 14.6 Å². The van der Waals surface area contributed by atoms with Gasteiger partial charge in [-0.15, -0.1) is 0 Å². The highest BCUT2D eigenvalue weighted by molar-refractivity contribution is 5.93. The molecule has 0 atom stereocenters. The van der Waals surface area contributed by atoms with Crippen molar-refractivity contribution in [2.24, 2.45) is 0 Å². The van der Waals surface area contributed by atoms with Crippen LogP contribution in [0.5, 0.6) is 0 Å². The van der Waals surface area contributed by atoms with Gasteiger partial charge in [-0.1, -0.05) is 30.3 Å². The second kappa shape index (κ2) is 7.71. The van der Waals surface area contributed by atoms with E-state index in [2.05, 4.69) is 10.4 Å². The van der Waals surface area contributed by atoms with Gasteiger partial charge in [0, 0.05) is 28.2 Å². The minimum atomic E-state index is -0.324. The molecule has 0 saturated carbocycles. The summed E-state index contributed by atoms with van der Waals surface area (Å²) in [6, 6.07) is 14.4. The maximum Gasteiger partial charge on any atom is 0.228 e. The van der Waals surface area contributed by atoms with Crippen molar-refractivity contribution in [3.8, 4) is 11.1 Å². The van der Waals surface area contributed by atoms with Crippen LogP contribution >= 0.6 is 0 Å². The van der Waals surface area contributed by atoms with Crippen LogP contribution in [0.4, 0.5) is 10.1 Å². The molecule has 1 amide bonds. The maximum atomic E-state index is 13.3. The van der Waals surface area contributed by atoms with Crippen molar-refractivity contribution in [1.29, 1.82) is 0 Å². The standard InChI is InChI=1S/C24H23FN4O/c1-14-12-19(25)10-11-21(14)27-22(30)13-20-15(2)26-24-23(18-8-6-5-7-9-18)16(3)28-29(24)17(20)4/h5-12H,13H2,1-4H3,(H,27,30). The Bertz CT molecular complexity index is 1260. The third kappa shape index (κ3) is 3.56. The number of fused-ring (bicyclic) bond motifs is 1. The average molecular weight is 402 g/mol. The van der Waals surface area contributed by atoms with E-state index in [9.17, 15) is 9.18 Å². The fourth-order valence-electron chi connectivity index (χ4n) is 3.79. The lowest BCUT2D eigenvalue weighted by molar-refractivity contribution is -0.115. The van der Waals surface area contributed by atoms with Crippen LogP contribution in [0.2, 0.25) is 0 Å². The number of halogens is 1. The molecule has 5 nitrogen and oxygen atoms in total. The molecule has 4 aromatic rings. The predicted octanol–water partition coefficient (Wildman–Crippen LogP) is 4.95. The molecule has 0 bridgehead atoms. The van der Waals surface area contributed by atoms with Gasteiger partial charge in [0.2, 0.25) is 5.91 Å². The Morgan fingerprint density at radius 3 is 2.47 bits per heavy atom. The predicted molar refractivity (Wildman–Crippen MR) is 116 cm³/mol. The molecule has 0 radical (unpaired) electrons. The van der Waals surface area contributed by atoms with Crippen LogP contribution in [0.25, 0.3) is 16.8 Å². The van der Waals surface area contributed by atoms with Crippen LogP contribution in [0.15, 0.2) is 48.5 Å². The normalized spacial score (nSPS) is 11.1. The minimum Gasteiger partial charge on any atom is -0.326 e. The van der Waals surface area contributed by atoms with Gasteiger partial charge in [-0.3, -0.25) is 4.79 Å². The molecule has 1 N–H and O–H groups in total. The molecule has 6 heteroatoms. The molecule has 152 valence electrons. The number of hydrogen-bond acceptors (Lipinski definition) is 3. The summed E-state index contributed by atoms with van der Waals surface area (Å²) in [5, 5.41) is 7.55. The number of amides is 1. The first kappa shape index (κ1) is 19.8. The van der Waals surface area contributed by atoms with Crippen LogP contribution in [0.3, 0.4) is 0 Å². The fourth-order valence-corrected chi connectivity index (χ4v) is 3.79. The first-order chi connectivity index (χ1) is 14.3. The zero-order valence-corrected chi connectivity index (χ0v) is 17.5.